The quantitative estimate of drug-likeness (QED) is 0.282. The minimum absolute atomic E-state index is 0.0873. The molecular weight excluding hydrogens is 540 g/mol. The van der Waals surface area contributed by atoms with Crippen LogP contribution in [0.5, 0.6) is 0 Å². The first-order valence-electron chi connectivity index (χ1n) is 12.4. The molecular formula is C26H27ClN8O5. The number of benzene rings is 2. The van der Waals surface area contributed by atoms with E-state index in [-0.39, 0.29) is 48.1 Å². The zero-order chi connectivity index (χ0) is 28.6. The van der Waals surface area contributed by atoms with Gasteiger partial charge in [0.15, 0.2) is 0 Å². The molecule has 4 rings (SSSR count). The number of nitrogens with zero attached hydrogens (tertiary/aromatic N) is 4. The highest BCUT2D eigenvalue weighted by molar-refractivity contribution is 6.30. The second kappa shape index (κ2) is 12.8. The van der Waals surface area contributed by atoms with Crippen LogP contribution < -0.4 is 21.3 Å². The molecule has 0 aliphatic carbocycles. The number of aromatic nitrogens is 4. The van der Waals surface area contributed by atoms with Crippen LogP contribution in [0.25, 0.3) is 5.69 Å². The van der Waals surface area contributed by atoms with Crippen molar-refractivity contribution >= 4 is 46.8 Å². The lowest BCUT2D eigenvalue weighted by molar-refractivity contribution is -0.123. The second-order valence-corrected chi connectivity index (χ2v) is 9.61. The third-order valence-corrected chi connectivity index (χ3v) is 6.32. The first-order valence-corrected chi connectivity index (χ1v) is 12.8. The van der Waals surface area contributed by atoms with E-state index in [4.69, 9.17) is 16.7 Å². The van der Waals surface area contributed by atoms with Crippen molar-refractivity contribution in [1.29, 1.82) is 0 Å². The van der Waals surface area contributed by atoms with Gasteiger partial charge < -0.3 is 21.1 Å². The van der Waals surface area contributed by atoms with Crippen molar-refractivity contribution in [3.63, 3.8) is 0 Å². The topological polar surface area (TPSA) is 180 Å². The SMILES string of the molecule is CC1/C=C\CC(C(=O)NCCc2cc(Cl)ccc2-n2cnnn2)NC(=O)c2ccc(NC(=O)O)cc2NC(=O)C1. The van der Waals surface area contributed by atoms with E-state index in [9.17, 15) is 19.2 Å². The van der Waals surface area contributed by atoms with Gasteiger partial charge in [-0.3, -0.25) is 19.7 Å². The van der Waals surface area contributed by atoms with Crippen LogP contribution in [0.1, 0.15) is 35.7 Å². The Kier molecular flexibility index (Phi) is 9.07. The number of halogens is 1. The Morgan fingerprint density at radius 2 is 2.02 bits per heavy atom. The number of carboxylic acid groups (broad SMARTS) is 1. The summed E-state index contributed by atoms with van der Waals surface area (Å²) >= 11 is 6.18. The van der Waals surface area contributed by atoms with Crippen LogP contribution in [0, 0.1) is 5.92 Å². The Morgan fingerprint density at radius 1 is 1.20 bits per heavy atom. The smallest absolute Gasteiger partial charge is 0.409 e. The maximum atomic E-state index is 13.2. The molecule has 1 aliphatic rings. The molecule has 2 aromatic carbocycles. The number of amides is 4. The van der Waals surface area contributed by atoms with Crippen LogP contribution in [0.4, 0.5) is 16.2 Å². The second-order valence-electron chi connectivity index (χ2n) is 9.18. The summed E-state index contributed by atoms with van der Waals surface area (Å²) in [5, 5.41) is 31.2. The van der Waals surface area contributed by atoms with Gasteiger partial charge in [0.05, 0.1) is 16.9 Å². The summed E-state index contributed by atoms with van der Waals surface area (Å²) in [6, 6.07) is 8.50. The Hall–Kier alpha value is -4.78. The van der Waals surface area contributed by atoms with E-state index in [2.05, 4.69) is 36.8 Å². The molecule has 0 fully saturated rings. The third-order valence-electron chi connectivity index (χ3n) is 6.09. The van der Waals surface area contributed by atoms with E-state index in [0.717, 1.165) is 11.3 Å². The van der Waals surface area contributed by atoms with Gasteiger partial charge in [-0.15, -0.1) is 5.10 Å². The van der Waals surface area contributed by atoms with Crippen LogP contribution in [-0.4, -0.2) is 61.7 Å². The molecule has 4 amide bonds. The number of carbonyl (C=O) groups is 4. The zero-order valence-electron chi connectivity index (χ0n) is 21.4. The van der Waals surface area contributed by atoms with Gasteiger partial charge in [0.25, 0.3) is 5.91 Å². The molecule has 2 unspecified atom stereocenters. The number of hydrogen-bond acceptors (Lipinski definition) is 7. The van der Waals surface area contributed by atoms with Crippen molar-refractivity contribution in [2.45, 2.75) is 32.2 Å². The number of tetrazole rings is 1. The molecule has 14 heteroatoms. The van der Waals surface area contributed by atoms with Crippen molar-refractivity contribution in [1.82, 2.24) is 30.8 Å². The summed E-state index contributed by atoms with van der Waals surface area (Å²) in [6.07, 6.45) is 4.49. The van der Waals surface area contributed by atoms with Crippen LogP contribution in [0.2, 0.25) is 5.02 Å². The molecule has 1 aliphatic heterocycles. The van der Waals surface area contributed by atoms with E-state index >= 15 is 0 Å². The summed E-state index contributed by atoms with van der Waals surface area (Å²) in [5.41, 5.74) is 1.92. The van der Waals surface area contributed by atoms with Crippen molar-refractivity contribution < 1.29 is 24.3 Å². The summed E-state index contributed by atoms with van der Waals surface area (Å²) in [4.78, 5) is 50.0. The normalized spacial score (nSPS) is 18.2. The van der Waals surface area contributed by atoms with Gasteiger partial charge in [0, 0.05) is 23.7 Å². The van der Waals surface area contributed by atoms with Crippen LogP contribution >= 0.6 is 11.6 Å². The lowest BCUT2D eigenvalue weighted by Gasteiger charge is -2.20. The molecule has 0 saturated carbocycles. The maximum Gasteiger partial charge on any atom is 0.409 e. The minimum Gasteiger partial charge on any atom is -0.465 e. The molecule has 0 saturated heterocycles. The van der Waals surface area contributed by atoms with Gasteiger partial charge in [-0.2, -0.15) is 0 Å². The fourth-order valence-electron chi connectivity index (χ4n) is 4.22. The fourth-order valence-corrected chi connectivity index (χ4v) is 4.41. The lowest BCUT2D eigenvalue weighted by atomic mass is 10.0. The molecule has 2 heterocycles. The van der Waals surface area contributed by atoms with Gasteiger partial charge in [-0.05, 0) is 71.1 Å². The van der Waals surface area contributed by atoms with Gasteiger partial charge in [-0.25, -0.2) is 9.48 Å². The molecule has 13 nitrogen and oxygen atoms in total. The van der Waals surface area contributed by atoms with E-state index < -0.39 is 23.9 Å². The predicted molar refractivity (Wildman–Crippen MR) is 146 cm³/mol. The molecule has 1 aromatic heterocycles. The number of nitrogens with one attached hydrogen (secondary N) is 4. The fraction of sp³-hybridized carbons (Fsp3) is 0.269. The van der Waals surface area contributed by atoms with E-state index in [1.165, 1.54) is 29.2 Å². The standard InChI is InChI=1S/C26H27ClN8O5/c1-15-3-2-4-20(25(38)28-10-9-16-12-17(27)5-8-22(16)35-14-29-33-34-35)32-24(37)19-7-6-18(30-26(39)40)13-21(19)31-23(36)11-15/h2-3,5-8,12-15,20,30H,4,9-11H2,1H3,(H,28,38)(H,31,36)(H,32,37)(H,39,40)/b3-2-. The van der Waals surface area contributed by atoms with Gasteiger partial charge >= 0.3 is 6.09 Å². The number of fused-ring (bicyclic) bond motifs is 1. The lowest BCUT2D eigenvalue weighted by Crippen LogP contribution is -2.47. The number of rotatable bonds is 6. The molecule has 5 N–H and O–H groups in total. The molecule has 3 aromatic rings. The summed E-state index contributed by atoms with van der Waals surface area (Å²) < 4.78 is 1.50. The van der Waals surface area contributed by atoms with E-state index in [0.29, 0.717) is 11.4 Å². The average molecular weight is 567 g/mol. The summed E-state index contributed by atoms with van der Waals surface area (Å²) in [5.74, 6) is -1.48. The van der Waals surface area contributed by atoms with Crippen molar-refractivity contribution in [3.05, 3.63) is 71.0 Å². The third kappa shape index (κ3) is 7.41. The number of allylic oxidation sites excluding steroid dienone is 1. The minimum atomic E-state index is -1.29. The number of carbonyl (C=O) groups excluding carboxylic acids is 3. The Morgan fingerprint density at radius 3 is 2.77 bits per heavy atom. The highest BCUT2D eigenvalue weighted by Crippen LogP contribution is 2.23. The Labute approximate surface area is 234 Å². The van der Waals surface area contributed by atoms with Gasteiger partial charge in [-0.1, -0.05) is 30.7 Å². The largest absolute Gasteiger partial charge is 0.465 e. The Bertz CT molecular complexity index is 1440. The molecule has 2 atom stereocenters. The first kappa shape index (κ1) is 28.2. The van der Waals surface area contributed by atoms with Gasteiger partial charge in [0.1, 0.15) is 12.4 Å². The molecule has 0 bridgehead atoms. The molecule has 40 heavy (non-hydrogen) atoms. The average Bonchev–Trinajstić information content (AvgIpc) is 3.42. The maximum absolute atomic E-state index is 13.2. The summed E-state index contributed by atoms with van der Waals surface area (Å²) in [7, 11) is 0. The van der Waals surface area contributed by atoms with Crippen LogP contribution in [-0.2, 0) is 16.0 Å². The van der Waals surface area contributed by atoms with Gasteiger partial charge in [0.2, 0.25) is 11.8 Å². The van der Waals surface area contributed by atoms with E-state index in [1.54, 1.807) is 30.4 Å². The van der Waals surface area contributed by atoms with Crippen molar-refractivity contribution in [3.8, 4) is 5.69 Å². The predicted octanol–water partition coefficient (Wildman–Crippen LogP) is 2.79. The van der Waals surface area contributed by atoms with Crippen molar-refractivity contribution in [2.24, 2.45) is 5.92 Å². The Balaban J connectivity index is 1.51. The molecule has 0 radical (unpaired) electrons. The summed E-state index contributed by atoms with van der Waals surface area (Å²) in [6.45, 7) is 2.10. The molecule has 0 spiro atoms. The number of anilines is 2. The highest BCUT2D eigenvalue weighted by Gasteiger charge is 2.24. The van der Waals surface area contributed by atoms with Crippen LogP contribution in [0.3, 0.4) is 0 Å². The number of hydrogen-bond donors (Lipinski definition) is 5. The van der Waals surface area contributed by atoms with Crippen molar-refractivity contribution in [2.75, 3.05) is 17.2 Å². The highest BCUT2D eigenvalue weighted by atomic mass is 35.5. The zero-order valence-corrected chi connectivity index (χ0v) is 22.2. The monoisotopic (exact) mass is 566 g/mol. The first-order chi connectivity index (χ1) is 19.2. The van der Waals surface area contributed by atoms with E-state index in [1.807, 2.05) is 6.92 Å². The molecule has 208 valence electrons. The van der Waals surface area contributed by atoms with Crippen LogP contribution in [0.15, 0.2) is 54.9 Å².